The molecular formula is C22H18N6O3S. The summed E-state index contributed by atoms with van der Waals surface area (Å²) >= 11 is 1.38. The van der Waals surface area contributed by atoms with Crippen molar-refractivity contribution in [1.29, 1.82) is 5.26 Å². The van der Waals surface area contributed by atoms with Crippen molar-refractivity contribution in [2.75, 3.05) is 13.8 Å². The first-order chi connectivity index (χ1) is 15.4. The lowest BCUT2D eigenvalue weighted by atomic mass is 9.79. The summed E-state index contributed by atoms with van der Waals surface area (Å²) in [5, 5.41) is 11.7. The van der Waals surface area contributed by atoms with Gasteiger partial charge in [-0.05, 0) is 30.7 Å². The van der Waals surface area contributed by atoms with Crippen molar-refractivity contribution < 1.29 is 14.3 Å². The lowest BCUT2D eigenvalue weighted by Crippen LogP contribution is -2.52. The number of hydrogen-bond acceptors (Lipinski definition) is 9. The van der Waals surface area contributed by atoms with Crippen LogP contribution >= 0.6 is 11.3 Å². The quantitative estimate of drug-likeness (QED) is 0.655. The summed E-state index contributed by atoms with van der Waals surface area (Å²) in [7, 11) is 1.60. The Labute approximate surface area is 187 Å². The average Bonchev–Trinajstić information content (AvgIpc) is 3.47. The molecule has 0 spiro atoms. The average molecular weight is 446 g/mol. The molecule has 3 aromatic rings. The van der Waals surface area contributed by atoms with Crippen LogP contribution < -0.4 is 15.2 Å². The fourth-order valence-corrected chi connectivity index (χ4v) is 4.90. The Morgan fingerprint density at radius 3 is 2.91 bits per heavy atom. The van der Waals surface area contributed by atoms with E-state index in [1.165, 1.54) is 22.4 Å². The molecule has 1 amide bonds. The number of benzene rings is 1. The van der Waals surface area contributed by atoms with Crippen molar-refractivity contribution in [3.8, 4) is 28.8 Å². The third kappa shape index (κ3) is 3.06. The molecule has 0 saturated carbocycles. The first-order valence-corrected chi connectivity index (χ1v) is 10.6. The van der Waals surface area contributed by atoms with Gasteiger partial charge in [-0.3, -0.25) is 14.7 Å². The lowest BCUT2D eigenvalue weighted by Gasteiger charge is -2.39. The van der Waals surface area contributed by atoms with E-state index in [0.717, 1.165) is 5.56 Å². The number of carbonyl (C=O) groups excluding carboxylic acids is 1. The number of aromatic nitrogens is 2. The second-order valence-electron chi connectivity index (χ2n) is 7.67. The number of nitrogens with zero attached hydrogens (tertiary/aromatic N) is 5. The maximum atomic E-state index is 13.4. The van der Waals surface area contributed by atoms with Crippen molar-refractivity contribution in [3.05, 3.63) is 58.2 Å². The Balaban J connectivity index is 1.62. The Kier molecular flexibility index (Phi) is 4.56. The van der Waals surface area contributed by atoms with Gasteiger partial charge in [0.05, 0.1) is 17.2 Å². The van der Waals surface area contributed by atoms with E-state index >= 15 is 0 Å². The van der Waals surface area contributed by atoms with Crippen molar-refractivity contribution in [3.63, 3.8) is 0 Å². The van der Waals surface area contributed by atoms with Gasteiger partial charge in [0.25, 0.3) is 0 Å². The first kappa shape index (κ1) is 20.0. The van der Waals surface area contributed by atoms with E-state index in [2.05, 4.69) is 11.1 Å². The summed E-state index contributed by atoms with van der Waals surface area (Å²) < 4.78 is 10.9. The van der Waals surface area contributed by atoms with Gasteiger partial charge in [0.1, 0.15) is 16.6 Å². The van der Waals surface area contributed by atoms with Crippen LogP contribution in [0.25, 0.3) is 11.3 Å². The van der Waals surface area contributed by atoms with Gasteiger partial charge in [0, 0.05) is 30.4 Å². The summed E-state index contributed by atoms with van der Waals surface area (Å²) in [6, 6.07) is 9.25. The number of guanidine groups is 1. The van der Waals surface area contributed by atoms with Gasteiger partial charge in [-0.15, -0.1) is 11.3 Å². The highest BCUT2D eigenvalue weighted by Crippen LogP contribution is 2.47. The number of rotatable bonds is 3. The van der Waals surface area contributed by atoms with Crippen LogP contribution in [-0.2, 0) is 10.3 Å². The normalized spacial score (nSPS) is 21.9. The number of aliphatic imine (C=N–C) groups is 1. The molecule has 2 N–H and O–H groups in total. The maximum absolute atomic E-state index is 13.4. The van der Waals surface area contributed by atoms with Crippen molar-refractivity contribution in [2.24, 2.45) is 10.7 Å². The fourth-order valence-electron chi connectivity index (χ4n) is 3.94. The van der Waals surface area contributed by atoms with Crippen LogP contribution in [0.4, 0.5) is 0 Å². The predicted octanol–water partition coefficient (Wildman–Crippen LogP) is 2.59. The Hall–Kier alpha value is -3.97. The first-order valence-electron chi connectivity index (χ1n) is 9.74. The smallest absolute Gasteiger partial charge is 0.239 e. The van der Waals surface area contributed by atoms with E-state index in [1.807, 2.05) is 24.4 Å². The van der Waals surface area contributed by atoms with Gasteiger partial charge in [-0.1, -0.05) is 6.07 Å². The van der Waals surface area contributed by atoms with E-state index in [-0.39, 0.29) is 18.7 Å². The Bertz CT molecular complexity index is 1310. The minimum absolute atomic E-state index is 0.124. The molecule has 0 unspecified atom stereocenters. The number of nitriles is 1. The second kappa shape index (κ2) is 7.32. The summed E-state index contributed by atoms with van der Waals surface area (Å²) in [4.78, 5) is 28.4. The summed E-state index contributed by atoms with van der Waals surface area (Å²) in [6.45, 7) is 2.00. The maximum Gasteiger partial charge on any atom is 0.239 e. The molecule has 2 aliphatic rings. The van der Waals surface area contributed by atoms with Gasteiger partial charge in [-0.25, -0.2) is 9.98 Å². The highest BCUT2D eigenvalue weighted by molar-refractivity contribution is 7.10. The molecule has 2 aliphatic heterocycles. The summed E-state index contributed by atoms with van der Waals surface area (Å²) in [6.07, 6.45) is 3.14. The molecular weight excluding hydrogens is 428 g/mol. The van der Waals surface area contributed by atoms with Gasteiger partial charge in [0.15, 0.2) is 17.5 Å². The molecule has 0 saturated heterocycles. The van der Waals surface area contributed by atoms with Gasteiger partial charge in [-0.2, -0.15) is 5.26 Å². The van der Waals surface area contributed by atoms with Crippen LogP contribution in [0.1, 0.15) is 29.0 Å². The third-order valence-electron chi connectivity index (χ3n) is 5.66. The van der Waals surface area contributed by atoms with E-state index in [9.17, 15) is 4.79 Å². The molecule has 0 bridgehead atoms. The molecule has 0 aliphatic carbocycles. The van der Waals surface area contributed by atoms with E-state index in [1.54, 1.807) is 25.4 Å². The molecule has 0 radical (unpaired) electrons. The number of thiazole rings is 1. The van der Waals surface area contributed by atoms with Crippen LogP contribution in [0.2, 0.25) is 0 Å². The minimum Gasteiger partial charge on any atom is -0.454 e. The number of amides is 1. The van der Waals surface area contributed by atoms with Crippen molar-refractivity contribution in [1.82, 2.24) is 14.9 Å². The topological polar surface area (TPSA) is 127 Å². The van der Waals surface area contributed by atoms with Crippen LogP contribution in [0.5, 0.6) is 11.5 Å². The second-order valence-corrected chi connectivity index (χ2v) is 8.53. The Morgan fingerprint density at radius 1 is 1.28 bits per heavy atom. The SMILES string of the molecule is CN1C(=O)[C@@H](c2ccc3c(c2)OCO3)[C@@](C)(c2nc(-c3cncc(C#N)c3)cs2)N=C1N. The molecule has 2 aromatic heterocycles. The fraction of sp³-hybridized carbons (Fsp3) is 0.227. The van der Waals surface area contributed by atoms with Crippen molar-refractivity contribution >= 4 is 23.2 Å². The number of ether oxygens (including phenoxy) is 2. The molecule has 32 heavy (non-hydrogen) atoms. The van der Waals surface area contributed by atoms with Crippen LogP contribution in [-0.4, -0.2) is 40.6 Å². The highest BCUT2D eigenvalue weighted by Gasteiger charge is 2.49. The zero-order valence-electron chi connectivity index (χ0n) is 17.3. The Morgan fingerprint density at radius 2 is 2.09 bits per heavy atom. The zero-order chi connectivity index (χ0) is 22.5. The number of hydrogen-bond donors (Lipinski definition) is 1. The van der Waals surface area contributed by atoms with Crippen molar-refractivity contribution in [2.45, 2.75) is 18.4 Å². The molecule has 9 nitrogen and oxygen atoms in total. The zero-order valence-corrected chi connectivity index (χ0v) is 18.1. The number of fused-ring (bicyclic) bond motifs is 1. The number of nitrogens with two attached hydrogens (primary N) is 1. The third-order valence-corrected chi connectivity index (χ3v) is 6.73. The number of pyridine rings is 1. The predicted molar refractivity (Wildman–Crippen MR) is 117 cm³/mol. The molecule has 4 heterocycles. The minimum atomic E-state index is -1.04. The number of likely N-dealkylation sites (N-methyl/N-ethyl adjacent to an activating group) is 1. The molecule has 10 heteroatoms. The van der Waals surface area contributed by atoms with Crippen LogP contribution in [0, 0.1) is 11.3 Å². The highest BCUT2D eigenvalue weighted by atomic mass is 32.1. The molecule has 0 fully saturated rings. The number of carbonyl (C=O) groups is 1. The van der Waals surface area contributed by atoms with Gasteiger partial charge < -0.3 is 15.2 Å². The van der Waals surface area contributed by atoms with Gasteiger partial charge in [0.2, 0.25) is 12.7 Å². The summed E-state index contributed by atoms with van der Waals surface area (Å²) in [5.41, 5.74) is 7.61. The van der Waals surface area contributed by atoms with Crippen LogP contribution in [0.3, 0.4) is 0 Å². The monoisotopic (exact) mass is 446 g/mol. The van der Waals surface area contributed by atoms with Gasteiger partial charge >= 0.3 is 0 Å². The summed E-state index contributed by atoms with van der Waals surface area (Å²) in [5.74, 6) is 0.485. The molecule has 160 valence electrons. The van der Waals surface area contributed by atoms with Crippen LogP contribution in [0.15, 0.2) is 47.0 Å². The molecule has 5 rings (SSSR count). The molecule has 2 atom stereocenters. The lowest BCUT2D eigenvalue weighted by molar-refractivity contribution is -0.130. The van der Waals surface area contributed by atoms with E-state index < -0.39 is 11.5 Å². The van der Waals surface area contributed by atoms with E-state index in [4.69, 9.17) is 30.4 Å². The largest absolute Gasteiger partial charge is 0.454 e. The standard InChI is InChI=1S/C22H18N6O3S/c1-22(20-26-15(10-32-20)14-5-12(7-23)8-25-9-14)18(19(29)28(2)21(24)27-22)13-3-4-16-17(6-13)31-11-30-16/h3-6,8-10,18H,11H2,1-2H3,(H2,24,27)/t18-,22+/m1/s1. The van der Waals surface area contributed by atoms with E-state index in [0.29, 0.717) is 33.3 Å². The molecule has 1 aromatic carbocycles.